The van der Waals surface area contributed by atoms with Crippen molar-refractivity contribution in [2.45, 2.75) is 53.9 Å². The van der Waals surface area contributed by atoms with Crippen molar-refractivity contribution in [2.75, 3.05) is 5.73 Å². The molecule has 0 fully saturated rings. The zero-order valence-electron chi connectivity index (χ0n) is 12.7. The van der Waals surface area contributed by atoms with Crippen LogP contribution in [0.15, 0.2) is 0 Å². The number of Topliss-reactive ketones (excluding diaryl/α,β-unsaturated/α-hetero) is 1. The highest BCUT2D eigenvalue weighted by Gasteiger charge is 2.33. The lowest BCUT2D eigenvalue weighted by atomic mass is 9.72. The Kier molecular flexibility index (Phi) is 3.78. The Bertz CT molecular complexity index is 494. The summed E-state index contributed by atoms with van der Waals surface area (Å²) in [5.74, 6) is 0.936. The molecule has 0 radical (unpaired) electrons. The number of anilines is 1. The van der Waals surface area contributed by atoms with Crippen molar-refractivity contribution in [3.63, 3.8) is 0 Å². The normalized spacial score (nSPS) is 19.6. The van der Waals surface area contributed by atoms with Gasteiger partial charge in [-0.15, -0.1) is 11.3 Å². The Balaban J connectivity index is 2.35. The lowest BCUT2D eigenvalue weighted by molar-refractivity contribution is 0.0939. The highest BCUT2D eigenvalue weighted by Crippen LogP contribution is 2.43. The van der Waals surface area contributed by atoms with E-state index in [-0.39, 0.29) is 11.7 Å². The summed E-state index contributed by atoms with van der Waals surface area (Å²) in [6, 6.07) is 0. The minimum Gasteiger partial charge on any atom is -0.390 e. The molecule has 0 saturated carbocycles. The van der Waals surface area contributed by atoms with Crippen molar-refractivity contribution in [3.05, 3.63) is 16.0 Å². The zero-order valence-corrected chi connectivity index (χ0v) is 13.5. The van der Waals surface area contributed by atoms with Crippen molar-refractivity contribution in [1.29, 1.82) is 0 Å². The first-order valence-corrected chi connectivity index (χ1v) is 7.97. The molecule has 1 heterocycles. The topological polar surface area (TPSA) is 43.1 Å². The summed E-state index contributed by atoms with van der Waals surface area (Å²) < 4.78 is 0. The van der Waals surface area contributed by atoms with Gasteiger partial charge in [0.25, 0.3) is 0 Å². The third-order valence-electron chi connectivity index (χ3n) is 4.29. The van der Waals surface area contributed by atoms with Gasteiger partial charge in [-0.25, -0.2) is 0 Å². The van der Waals surface area contributed by atoms with Crippen molar-refractivity contribution >= 4 is 22.1 Å². The quantitative estimate of drug-likeness (QED) is 0.819. The van der Waals surface area contributed by atoms with Gasteiger partial charge in [-0.2, -0.15) is 0 Å². The summed E-state index contributed by atoms with van der Waals surface area (Å²) in [5.41, 5.74) is 8.53. The minimum atomic E-state index is 0.0290. The minimum absolute atomic E-state index is 0.0290. The Morgan fingerprint density at radius 1 is 1.37 bits per heavy atom. The van der Waals surface area contributed by atoms with E-state index < -0.39 is 0 Å². The molecule has 2 N–H and O–H groups in total. The molecular formula is C16H25NOS. The fraction of sp³-hybridized carbons (Fsp3) is 0.688. The van der Waals surface area contributed by atoms with E-state index in [0.717, 1.165) is 23.4 Å². The SMILES string of the molecule is CC(C)C(=O)c1c(N)sc2c1CCC(C(C)(C)C)C2. The van der Waals surface area contributed by atoms with Crippen molar-refractivity contribution in [2.24, 2.45) is 17.3 Å². The predicted molar refractivity (Wildman–Crippen MR) is 82.9 cm³/mol. The molecule has 0 amide bonds. The number of hydrogen-bond donors (Lipinski definition) is 1. The van der Waals surface area contributed by atoms with Gasteiger partial charge in [0.05, 0.1) is 10.6 Å². The van der Waals surface area contributed by atoms with Crippen LogP contribution in [-0.2, 0) is 12.8 Å². The van der Waals surface area contributed by atoms with E-state index in [1.807, 2.05) is 13.8 Å². The van der Waals surface area contributed by atoms with Crippen LogP contribution in [0.4, 0.5) is 5.00 Å². The summed E-state index contributed by atoms with van der Waals surface area (Å²) in [4.78, 5) is 13.7. The summed E-state index contributed by atoms with van der Waals surface area (Å²) in [5, 5.41) is 0.734. The number of carbonyl (C=O) groups is 1. The summed E-state index contributed by atoms with van der Waals surface area (Å²) in [6.45, 7) is 10.8. The Labute approximate surface area is 120 Å². The number of nitrogens with two attached hydrogens (primary N) is 1. The van der Waals surface area contributed by atoms with Gasteiger partial charge in [0.15, 0.2) is 5.78 Å². The Morgan fingerprint density at radius 2 is 2.00 bits per heavy atom. The number of fused-ring (bicyclic) bond motifs is 1. The van der Waals surface area contributed by atoms with Crippen molar-refractivity contribution in [3.8, 4) is 0 Å². The van der Waals surface area contributed by atoms with E-state index in [1.165, 1.54) is 16.9 Å². The number of hydrogen-bond acceptors (Lipinski definition) is 3. The largest absolute Gasteiger partial charge is 0.390 e. The molecular weight excluding hydrogens is 254 g/mol. The molecule has 0 aliphatic heterocycles. The third kappa shape index (κ3) is 2.71. The molecule has 0 saturated heterocycles. The molecule has 3 heteroatoms. The van der Waals surface area contributed by atoms with Crippen LogP contribution < -0.4 is 5.73 Å². The molecule has 0 bridgehead atoms. The molecule has 0 aromatic carbocycles. The standard InChI is InChI=1S/C16H25NOS/c1-9(2)14(18)13-11-7-6-10(16(3,4)5)8-12(11)19-15(13)17/h9-10H,6-8,17H2,1-5H3. The predicted octanol–water partition coefficient (Wildman–Crippen LogP) is 4.32. The van der Waals surface area contributed by atoms with E-state index in [9.17, 15) is 4.79 Å². The Hall–Kier alpha value is -0.830. The third-order valence-corrected chi connectivity index (χ3v) is 5.37. The maximum Gasteiger partial charge on any atom is 0.168 e. The highest BCUT2D eigenvalue weighted by molar-refractivity contribution is 7.16. The number of ketones is 1. The van der Waals surface area contributed by atoms with Crippen LogP contribution in [-0.4, -0.2) is 5.78 Å². The first kappa shape index (κ1) is 14.6. The van der Waals surface area contributed by atoms with Gasteiger partial charge < -0.3 is 5.73 Å². The van der Waals surface area contributed by atoms with Gasteiger partial charge in [0, 0.05) is 10.8 Å². The van der Waals surface area contributed by atoms with Crippen LogP contribution in [0.1, 0.15) is 61.8 Å². The maximum absolute atomic E-state index is 12.3. The van der Waals surface area contributed by atoms with Gasteiger partial charge >= 0.3 is 0 Å². The summed E-state index contributed by atoms with van der Waals surface area (Å²) >= 11 is 1.64. The number of thiophene rings is 1. The molecule has 106 valence electrons. The maximum atomic E-state index is 12.3. The molecule has 1 aromatic heterocycles. The molecule has 1 atom stereocenters. The van der Waals surface area contributed by atoms with Crippen molar-refractivity contribution < 1.29 is 4.79 Å². The van der Waals surface area contributed by atoms with E-state index in [4.69, 9.17) is 5.73 Å². The van der Waals surface area contributed by atoms with Gasteiger partial charge in [0.2, 0.25) is 0 Å². The fourth-order valence-corrected chi connectivity index (χ4v) is 4.11. The monoisotopic (exact) mass is 279 g/mol. The second-order valence-electron chi connectivity index (χ2n) is 7.07. The molecule has 2 rings (SSSR count). The highest BCUT2D eigenvalue weighted by atomic mass is 32.1. The average Bonchev–Trinajstić information content (AvgIpc) is 2.61. The molecule has 1 aromatic rings. The molecule has 1 unspecified atom stereocenters. The number of rotatable bonds is 2. The van der Waals surface area contributed by atoms with Crippen LogP contribution in [0, 0.1) is 17.3 Å². The van der Waals surface area contributed by atoms with Crippen LogP contribution in [0.25, 0.3) is 0 Å². The van der Waals surface area contributed by atoms with Gasteiger partial charge in [-0.1, -0.05) is 34.6 Å². The van der Waals surface area contributed by atoms with Crippen molar-refractivity contribution in [1.82, 2.24) is 0 Å². The van der Waals surface area contributed by atoms with E-state index in [1.54, 1.807) is 11.3 Å². The fourth-order valence-electron chi connectivity index (χ4n) is 2.91. The molecule has 1 aliphatic carbocycles. The average molecular weight is 279 g/mol. The molecule has 2 nitrogen and oxygen atoms in total. The first-order chi connectivity index (χ1) is 8.71. The second-order valence-corrected chi connectivity index (χ2v) is 8.20. The lowest BCUT2D eigenvalue weighted by Crippen LogP contribution is -2.26. The van der Waals surface area contributed by atoms with Crippen LogP contribution in [0.2, 0.25) is 0 Å². The van der Waals surface area contributed by atoms with Crippen LogP contribution in [0.3, 0.4) is 0 Å². The first-order valence-electron chi connectivity index (χ1n) is 7.16. The summed E-state index contributed by atoms with van der Waals surface area (Å²) in [6.07, 6.45) is 3.27. The zero-order chi connectivity index (χ0) is 14.4. The number of carbonyl (C=O) groups excluding carboxylic acids is 1. The van der Waals surface area contributed by atoms with Gasteiger partial charge in [-0.3, -0.25) is 4.79 Å². The van der Waals surface area contributed by atoms with E-state index >= 15 is 0 Å². The van der Waals surface area contributed by atoms with E-state index in [0.29, 0.717) is 11.3 Å². The van der Waals surface area contributed by atoms with Crippen LogP contribution in [0.5, 0.6) is 0 Å². The molecule has 1 aliphatic rings. The molecule has 0 spiro atoms. The van der Waals surface area contributed by atoms with Crippen LogP contribution >= 0.6 is 11.3 Å². The second kappa shape index (κ2) is 4.93. The van der Waals surface area contributed by atoms with Gasteiger partial charge in [0.1, 0.15) is 0 Å². The lowest BCUT2D eigenvalue weighted by Gasteiger charge is -2.34. The van der Waals surface area contributed by atoms with Gasteiger partial charge in [-0.05, 0) is 36.2 Å². The smallest absolute Gasteiger partial charge is 0.168 e. The van der Waals surface area contributed by atoms with E-state index in [2.05, 4.69) is 20.8 Å². The number of nitrogen functional groups attached to an aromatic ring is 1. The summed E-state index contributed by atoms with van der Waals surface area (Å²) in [7, 11) is 0. The Morgan fingerprint density at radius 3 is 2.53 bits per heavy atom. The molecule has 19 heavy (non-hydrogen) atoms.